The summed E-state index contributed by atoms with van der Waals surface area (Å²) in [5, 5.41) is 0. The van der Waals surface area contributed by atoms with Crippen LogP contribution in [0.15, 0.2) is 30.0 Å². The Bertz CT molecular complexity index is 1350. The maximum absolute atomic E-state index is 13.0. The van der Waals surface area contributed by atoms with Gasteiger partial charge in [0.05, 0.1) is 5.56 Å². The number of hydrogen-bond acceptors (Lipinski definition) is 12. The van der Waals surface area contributed by atoms with Crippen molar-refractivity contribution in [2.45, 2.75) is 34.6 Å². The van der Waals surface area contributed by atoms with E-state index in [-0.39, 0.29) is 51.4 Å². The van der Waals surface area contributed by atoms with Crippen molar-refractivity contribution in [1.29, 1.82) is 0 Å². The lowest BCUT2D eigenvalue weighted by molar-refractivity contribution is -0.135. The van der Waals surface area contributed by atoms with E-state index < -0.39 is 35.6 Å². The van der Waals surface area contributed by atoms with Crippen molar-refractivity contribution in [3.05, 3.63) is 41.2 Å². The molecular weight excluding hydrogens is 492 g/mol. The van der Waals surface area contributed by atoms with E-state index in [9.17, 15) is 28.8 Å². The highest BCUT2D eigenvalue weighted by Gasteiger charge is 2.34. The zero-order valence-electron chi connectivity index (χ0n) is 20.3. The van der Waals surface area contributed by atoms with Crippen LogP contribution in [0, 0.1) is 0 Å². The van der Waals surface area contributed by atoms with Crippen LogP contribution in [-0.2, 0) is 24.0 Å². The van der Waals surface area contributed by atoms with Crippen molar-refractivity contribution in [3.63, 3.8) is 0 Å². The van der Waals surface area contributed by atoms with Gasteiger partial charge in [0.15, 0.2) is 28.8 Å². The number of ether oxygens (including phenoxy) is 6. The molecule has 1 aliphatic heterocycles. The second-order valence-electron chi connectivity index (χ2n) is 7.52. The van der Waals surface area contributed by atoms with E-state index in [2.05, 4.69) is 0 Å². The predicted molar refractivity (Wildman–Crippen MR) is 122 cm³/mol. The largest absolute Gasteiger partial charge is 0.448 e. The lowest BCUT2D eigenvalue weighted by Crippen LogP contribution is -2.11. The smallest absolute Gasteiger partial charge is 0.308 e. The molecule has 37 heavy (non-hydrogen) atoms. The van der Waals surface area contributed by atoms with Crippen LogP contribution in [-0.4, -0.2) is 35.6 Å². The minimum absolute atomic E-state index is 0.00959. The molecule has 0 amide bonds. The molecule has 12 nitrogen and oxygen atoms in total. The van der Waals surface area contributed by atoms with Crippen LogP contribution in [0.25, 0.3) is 6.08 Å². The van der Waals surface area contributed by atoms with Crippen LogP contribution in [0.5, 0.6) is 34.5 Å². The van der Waals surface area contributed by atoms with Crippen LogP contribution in [0.3, 0.4) is 0 Å². The first kappa shape index (κ1) is 26.6. The quantitative estimate of drug-likeness (QED) is 0.317. The van der Waals surface area contributed by atoms with Gasteiger partial charge in [0, 0.05) is 34.6 Å². The van der Waals surface area contributed by atoms with Gasteiger partial charge in [-0.25, -0.2) is 0 Å². The van der Waals surface area contributed by atoms with Gasteiger partial charge in [-0.15, -0.1) is 0 Å². The average molecular weight is 512 g/mol. The normalized spacial score (nSPS) is 12.8. The Labute approximate surface area is 209 Å². The number of carbonyl (C=O) groups is 6. The summed E-state index contributed by atoms with van der Waals surface area (Å²) in [7, 11) is 0. The first-order valence-electron chi connectivity index (χ1n) is 10.6. The lowest BCUT2D eigenvalue weighted by atomic mass is 10.1. The molecule has 2 aromatic rings. The zero-order chi connectivity index (χ0) is 27.4. The summed E-state index contributed by atoms with van der Waals surface area (Å²) >= 11 is 0. The maximum atomic E-state index is 13.0. The number of allylic oxidation sites excluding steroid dienone is 1. The molecular formula is C25H20O12. The van der Waals surface area contributed by atoms with Crippen molar-refractivity contribution in [2.75, 3.05) is 0 Å². The van der Waals surface area contributed by atoms with Gasteiger partial charge >= 0.3 is 29.8 Å². The number of esters is 5. The molecule has 0 atom stereocenters. The highest BCUT2D eigenvalue weighted by atomic mass is 16.6. The number of Topliss-reactive ketones (excluding diaryl/α,β-unsaturated/α-hetero) is 1. The monoisotopic (exact) mass is 512 g/mol. The standard InChI is InChI=1S/C25H20O12/c1-11(26)32-18-7-6-17-22(31)19(37-23(17)25(18)36-15(5)30)8-16-9-20(33-12(2)27)24(35-14(4)29)21(10-16)34-13(3)28/h6-10H,1-5H3/b19-8-. The van der Waals surface area contributed by atoms with E-state index in [1.165, 1.54) is 30.3 Å². The summed E-state index contributed by atoms with van der Waals surface area (Å²) in [4.78, 5) is 70.9. The Morgan fingerprint density at radius 3 is 1.59 bits per heavy atom. The topological polar surface area (TPSA) is 158 Å². The number of rotatable bonds is 6. The second kappa shape index (κ2) is 10.7. The maximum Gasteiger partial charge on any atom is 0.308 e. The predicted octanol–water partition coefficient (Wildman–Crippen LogP) is 2.93. The van der Waals surface area contributed by atoms with Crippen LogP contribution in [0.4, 0.5) is 0 Å². The third-order valence-corrected chi connectivity index (χ3v) is 4.35. The molecule has 0 unspecified atom stereocenters. The van der Waals surface area contributed by atoms with E-state index in [0.717, 1.165) is 34.6 Å². The molecule has 0 saturated heterocycles. The molecule has 1 heterocycles. The van der Waals surface area contributed by atoms with Crippen LogP contribution >= 0.6 is 0 Å². The van der Waals surface area contributed by atoms with Gasteiger partial charge in [-0.3, -0.25) is 28.8 Å². The van der Waals surface area contributed by atoms with E-state index in [1.54, 1.807) is 0 Å². The molecule has 0 aliphatic carbocycles. The van der Waals surface area contributed by atoms with Crippen molar-refractivity contribution in [2.24, 2.45) is 0 Å². The van der Waals surface area contributed by atoms with Gasteiger partial charge in [0.25, 0.3) is 0 Å². The first-order valence-corrected chi connectivity index (χ1v) is 10.6. The fourth-order valence-electron chi connectivity index (χ4n) is 3.22. The third-order valence-electron chi connectivity index (χ3n) is 4.35. The Kier molecular flexibility index (Phi) is 7.71. The zero-order valence-corrected chi connectivity index (χ0v) is 20.3. The highest BCUT2D eigenvalue weighted by molar-refractivity contribution is 6.15. The summed E-state index contributed by atoms with van der Waals surface area (Å²) in [5.41, 5.74) is 0.157. The number of ketones is 1. The fraction of sp³-hybridized carbons (Fsp3) is 0.200. The van der Waals surface area contributed by atoms with E-state index in [0.29, 0.717) is 0 Å². The summed E-state index contributed by atoms with van der Waals surface area (Å²) in [6.45, 7) is 5.56. The van der Waals surface area contributed by atoms with Crippen molar-refractivity contribution < 1.29 is 57.2 Å². The minimum atomic E-state index is -0.778. The van der Waals surface area contributed by atoms with Crippen molar-refractivity contribution in [3.8, 4) is 34.5 Å². The lowest BCUT2D eigenvalue weighted by Gasteiger charge is -2.14. The molecule has 0 bridgehead atoms. The van der Waals surface area contributed by atoms with Gasteiger partial charge < -0.3 is 28.4 Å². The molecule has 0 spiro atoms. The van der Waals surface area contributed by atoms with Crippen molar-refractivity contribution in [1.82, 2.24) is 0 Å². The molecule has 0 aromatic heterocycles. The molecule has 2 aromatic carbocycles. The molecule has 3 rings (SSSR count). The van der Waals surface area contributed by atoms with E-state index >= 15 is 0 Å². The Morgan fingerprint density at radius 1 is 0.649 bits per heavy atom. The fourth-order valence-corrected chi connectivity index (χ4v) is 3.22. The SMILES string of the molecule is CC(=O)Oc1cc(/C=C2\Oc3c(ccc(OC(C)=O)c3OC(C)=O)C2=O)cc(OC(C)=O)c1OC(C)=O. The minimum Gasteiger partial charge on any atom is -0.448 e. The van der Waals surface area contributed by atoms with Crippen molar-refractivity contribution >= 4 is 41.7 Å². The molecule has 0 fully saturated rings. The molecule has 192 valence electrons. The van der Waals surface area contributed by atoms with Gasteiger partial charge in [0.2, 0.25) is 17.3 Å². The van der Waals surface area contributed by atoms with Crippen LogP contribution < -0.4 is 28.4 Å². The summed E-state index contributed by atoms with van der Waals surface area (Å²) < 4.78 is 31.1. The second-order valence-corrected chi connectivity index (χ2v) is 7.52. The van der Waals surface area contributed by atoms with Crippen LogP contribution in [0.1, 0.15) is 50.5 Å². The Balaban J connectivity index is 2.13. The molecule has 12 heteroatoms. The molecule has 0 radical (unpaired) electrons. The van der Waals surface area contributed by atoms with Gasteiger partial charge in [0.1, 0.15) is 0 Å². The summed E-state index contributed by atoms with van der Waals surface area (Å²) in [6, 6.07) is 5.09. The Hall–Kier alpha value is -5.00. The highest BCUT2D eigenvalue weighted by Crippen LogP contribution is 2.46. The molecule has 0 saturated carbocycles. The number of hydrogen-bond donors (Lipinski definition) is 0. The first-order chi connectivity index (χ1) is 17.3. The molecule has 1 aliphatic rings. The van der Waals surface area contributed by atoms with Crippen LogP contribution in [0.2, 0.25) is 0 Å². The number of benzene rings is 2. The van der Waals surface area contributed by atoms with E-state index in [1.807, 2.05) is 0 Å². The van der Waals surface area contributed by atoms with Gasteiger partial charge in [-0.1, -0.05) is 0 Å². The number of carbonyl (C=O) groups excluding carboxylic acids is 6. The third kappa shape index (κ3) is 6.36. The summed E-state index contributed by atoms with van der Waals surface area (Å²) in [5.74, 6) is -6.09. The van der Waals surface area contributed by atoms with Gasteiger partial charge in [-0.2, -0.15) is 0 Å². The molecule has 0 N–H and O–H groups in total. The average Bonchev–Trinajstić information content (AvgIpc) is 3.06. The van der Waals surface area contributed by atoms with Gasteiger partial charge in [-0.05, 0) is 35.9 Å². The summed E-state index contributed by atoms with van der Waals surface area (Å²) in [6.07, 6.45) is 1.23. The Morgan fingerprint density at radius 2 is 1.11 bits per heavy atom. The number of fused-ring (bicyclic) bond motifs is 1. The van der Waals surface area contributed by atoms with E-state index in [4.69, 9.17) is 28.4 Å².